The van der Waals surface area contributed by atoms with Gasteiger partial charge in [-0.15, -0.1) is 0 Å². The van der Waals surface area contributed by atoms with E-state index in [1.807, 2.05) is 19.1 Å². The monoisotopic (exact) mass is 264 g/mol. The largest absolute Gasteiger partial charge is 0.482 e. The molecule has 106 valence electrons. The molecule has 1 unspecified atom stereocenters. The number of rotatable bonds is 6. The summed E-state index contributed by atoms with van der Waals surface area (Å²) >= 11 is 0. The van der Waals surface area contributed by atoms with Crippen molar-refractivity contribution in [3.05, 3.63) is 29.8 Å². The normalized spacial score (nSPS) is 14.2. The molecule has 0 aromatic heterocycles. The van der Waals surface area contributed by atoms with Crippen LogP contribution in [0, 0.1) is 0 Å². The molecule has 0 saturated carbocycles. The van der Waals surface area contributed by atoms with Gasteiger partial charge in [0, 0.05) is 0 Å². The molecule has 0 amide bonds. The van der Waals surface area contributed by atoms with Crippen LogP contribution in [0.5, 0.6) is 5.75 Å². The topological polar surface area (TPSA) is 67.8 Å². The van der Waals surface area contributed by atoms with Crippen LogP contribution in [0.1, 0.15) is 46.1 Å². The number of nitrogens with two attached hydrogens (primary N) is 1. The van der Waals surface area contributed by atoms with Gasteiger partial charge in [0.2, 0.25) is 0 Å². The summed E-state index contributed by atoms with van der Waals surface area (Å²) in [6.45, 7) is 8.54. The van der Waals surface area contributed by atoms with Gasteiger partial charge in [-0.1, -0.05) is 45.0 Å². The molecule has 1 rings (SSSR count). The smallest absolute Gasteiger partial charge is 0.180 e. The number of amidine groups is 1. The van der Waals surface area contributed by atoms with E-state index in [-0.39, 0.29) is 11.3 Å². The lowest BCUT2D eigenvalue weighted by atomic mass is 9.82. The molecule has 0 aliphatic carbocycles. The highest BCUT2D eigenvalue weighted by Gasteiger charge is 2.18. The zero-order valence-electron chi connectivity index (χ0n) is 12.2. The predicted molar refractivity (Wildman–Crippen MR) is 77.9 cm³/mol. The van der Waals surface area contributed by atoms with Crippen LogP contribution in [0.2, 0.25) is 0 Å². The standard InChI is InChI=1S/C15H24N2O2/c1-5-13(14(16)17-18)19-12-9-7-11(8-10-12)15(3,4)6-2/h7-10,13,18H,5-6H2,1-4H3,(H2,16,17). The van der Waals surface area contributed by atoms with Crippen molar-refractivity contribution in [1.82, 2.24) is 0 Å². The summed E-state index contributed by atoms with van der Waals surface area (Å²) in [7, 11) is 0. The van der Waals surface area contributed by atoms with Gasteiger partial charge >= 0.3 is 0 Å². The number of oxime groups is 1. The molecule has 0 aliphatic heterocycles. The van der Waals surface area contributed by atoms with Gasteiger partial charge in [-0.05, 0) is 36.0 Å². The Hall–Kier alpha value is -1.71. The maximum Gasteiger partial charge on any atom is 0.180 e. The Morgan fingerprint density at radius 2 is 1.89 bits per heavy atom. The second-order valence-corrected chi connectivity index (χ2v) is 5.30. The fourth-order valence-corrected chi connectivity index (χ4v) is 1.77. The molecular weight excluding hydrogens is 240 g/mol. The molecule has 0 radical (unpaired) electrons. The third-order valence-electron chi connectivity index (χ3n) is 3.61. The first-order chi connectivity index (χ1) is 8.94. The van der Waals surface area contributed by atoms with E-state index in [0.29, 0.717) is 6.42 Å². The summed E-state index contributed by atoms with van der Waals surface area (Å²) in [4.78, 5) is 0. The number of hydrogen-bond acceptors (Lipinski definition) is 3. The number of nitrogens with zero attached hydrogens (tertiary/aromatic N) is 1. The molecule has 4 heteroatoms. The SMILES string of the molecule is CCC(Oc1ccc(C(C)(C)CC)cc1)C(N)=NO. The molecule has 4 nitrogen and oxygen atoms in total. The molecular formula is C15H24N2O2. The highest BCUT2D eigenvalue weighted by atomic mass is 16.5. The molecule has 0 spiro atoms. The van der Waals surface area contributed by atoms with Gasteiger partial charge in [0.05, 0.1) is 0 Å². The first kappa shape index (κ1) is 15.3. The van der Waals surface area contributed by atoms with Crippen molar-refractivity contribution in [2.45, 2.75) is 52.1 Å². The Labute approximate surface area is 115 Å². The van der Waals surface area contributed by atoms with Crippen molar-refractivity contribution in [3.8, 4) is 5.75 Å². The van der Waals surface area contributed by atoms with Crippen LogP contribution in [-0.4, -0.2) is 17.1 Å². The molecule has 1 aromatic carbocycles. The third kappa shape index (κ3) is 3.88. The van der Waals surface area contributed by atoms with E-state index in [1.165, 1.54) is 5.56 Å². The lowest BCUT2D eigenvalue weighted by Gasteiger charge is -2.24. The fraction of sp³-hybridized carbons (Fsp3) is 0.533. The van der Waals surface area contributed by atoms with Crippen LogP contribution >= 0.6 is 0 Å². The van der Waals surface area contributed by atoms with Crippen LogP contribution in [0.15, 0.2) is 29.4 Å². The van der Waals surface area contributed by atoms with Crippen LogP contribution in [0.25, 0.3) is 0 Å². The fourth-order valence-electron chi connectivity index (χ4n) is 1.77. The zero-order valence-corrected chi connectivity index (χ0v) is 12.2. The van der Waals surface area contributed by atoms with Crippen LogP contribution in [0.4, 0.5) is 0 Å². The summed E-state index contributed by atoms with van der Waals surface area (Å²) in [5.74, 6) is 0.828. The second kappa shape index (κ2) is 6.45. The number of ether oxygens (including phenoxy) is 1. The Balaban J connectivity index is 2.82. The van der Waals surface area contributed by atoms with Gasteiger partial charge < -0.3 is 15.7 Å². The Bertz CT molecular complexity index is 424. The minimum Gasteiger partial charge on any atom is -0.482 e. The Morgan fingerprint density at radius 1 is 1.32 bits per heavy atom. The van der Waals surface area contributed by atoms with Gasteiger partial charge in [-0.2, -0.15) is 0 Å². The van der Waals surface area contributed by atoms with Crippen LogP contribution < -0.4 is 10.5 Å². The van der Waals surface area contributed by atoms with Crippen molar-refractivity contribution in [1.29, 1.82) is 0 Å². The van der Waals surface area contributed by atoms with Gasteiger partial charge in [0.25, 0.3) is 0 Å². The summed E-state index contributed by atoms with van der Waals surface area (Å²) in [6.07, 6.45) is 1.34. The average molecular weight is 264 g/mol. The minimum atomic E-state index is -0.393. The number of benzene rings is 1. The van der Waals surface area contributed by atoms with E-state index in [2.05, 4.69) is 38.1 Å². The maximum atomic E-state index is 8.68. The lowest BCUT2D eigenvalue weighted by molar-refractivity contribution is 0.246. The van der Waals surface area contributed by atoms with E-state index in [0.717, 1.165) is 12.2 Å². The van der Waals surface area contributed by atoms with Crippen molar-refractivity contribution in [2.75, 3.05) is 0 Å². The summed E-state index contributed by atoms with van der Waals surface area (Å²) in [5, 5.41) is 11.7. The molecule has 0 saturated heterocycles. The van der Waals surface area contributed by atoms with Crippen molar-refractivity contribution < 1.29 is 9.94 Å². The van der Waals surface area contributed by atoms with Crippen molar-refractivity contribution in [3.63, 3.8) is 0 Å². The maximum absolute atomic E-state index is 8.68. The van der Waals surface area contributed by atoms with Gasteiger partial charge in [-0.25, -0.2) is 0 Å². The first-order valence-electron chi connectivity index (χ1n) is 6.69. The van der Waals surface area contributed by atoms with E-state index < -0.39 is 6.10 Å². The zero-order chi connectivity index (χ0) is 14.5. The molecule has 0 heterocycles. The quantitative estimate of drug-likeness (QED) is 0.358. The van der Waals surface area contributed by atoms with E-state index in [4.69, 9.17) is 15.7 Å². The first-order valence-corrected chi connectivity index (χ1v) is 6.69. The third-order valence-corrected chi connectivity index (χ3v) is 3.61. The molecule has 19 heavy (non-hydrogen) atoms. The molecule has 0 aliphatic rings. The summed E-state index contributed by atoms with van der Waals surface area (Å²) in [5.41, 5.74) is 7.01. The number of hydrogen-bond donors (Lipinski definition) is 2. The van der Waals surface area contributed by atoms with Crippen molar-refractivity contribution >= 4 is 5.84 Å². The van der Waals surface area contributed by atoms with Crippen LogP contribution in [-0.2, 0) is 5.41 Å². The van der Waals surface area contributed by atoms with E-state index in [1.54, 1.807) is 0 Å². The van der Waals surface area contributed by atoms with Gasteiger partial charge in [0.15, 0.2) is 11.9 Å². The molecule has 1 atom stereocenters. The van der Waals surface area contributed by atoms with Gasteiger partial charge in [0.1, 0.15) is 5.75 Å². The van der Waals surface area contributed by atoms with E-state index in [9.17, 15) is 0 Å². The van der Waals surface area contributed by atoms with Crippen molar-refractivity contribution in [2.24, 2.45) is 10.9 Å². The predicted octanol–water partition coefficient (Wildman–Crippen LogP) is 3.28. The molecule has 0 fully saturated rings. The summed E-state index contributed by atoms with van der Waals surface area (Å²) < 4.78 is 5.70. The molecule has 3 N–H and O–H groups in total. The van der Waals surface area contributed by atoms with Crippen LogP contribution in [0.3, 0.4) is 0 Å². The highest BCUT2D eigenvalue weighted by molar-refractivity contribution is 5.84. The van der Waals surface area contributed by atoms with Gasteiger partial charge in [-0.3, -0.25) is 0 Å². The Morgan fingerprint density at radius 3 is 2.32 bits per heavy atom. The average Bonchev–Trinajstić information content (AvgIpc) is 2.44. The molecule has 0 bridgehead atoms. The minimum absolute atomic E-state index is 0.0977. The summed E-state index contributed by atoms with van der Waals surface area (Å²) in [6, 6.07) is 8.00. The van der Waals surface area contributed by atoms with E-state index >= 15 is 0 Å². The second-order valence-electron chi connectivity index (χ2n) is 5.30. The molecule has 1 aromatic rings. The Kier molecular flexibility index (Phi) is 5.21. The highest BCUT2D eigenvalue weighted by Crippen LogP contribution is 2.28. The lowest BCUT2D eigenvalue weighted by Crippen LogP contribution is -2.33.